The highest BCUT2D eigenvalue weighted by molar-refractivity contribution is 5.93. The van der Waals surface area contributed by atoms with Crippen LogP contribution >= 0.6 is 0 Å². The molecule has 0 aliphatic heterocycles. The van der Waals surface area contributed by atoms with Gasteiger partial charge >= 0.3 is 0 Å². The van der Waals surface area contributed by atoms with Crippen LogP contribution < -0.4 is 10.1 Å². The van der Waals surface area contributed by atoms with E-state index in [0.717, 1.165) is 11.1 Å². The van der Waals surface area contributed by atoms with Crippen LogP contribution in [-0.4, -0.2) is 27.6 Å². The Morgan fingerprint density at radius 2 is 1.79 bits per heavy atom. The molecular formula is C21H18N4O3. The van der Waals surface area contributed by atoms with Crippen LogP contribution in [0.25, 0.3) is 22.4 Å². The maximum Gasteiger partial charge on any atom is 0.265 e. The van der Waals surface area contributed by atoms with Crippen LogP contribution in [0.2, 0.25) is 0 Å². The fourth-order valence-electron chi connectivity index (χ4n) is 2.91. The molecule has 0 aliphatic carbocycles. The van der Waals surface area contributed by atoms with Crippen molar-refractivity contribution in [2.45, 2.75) is 13.0 Å². The van der Waals surface area contributed by atoms with Crippen molar-refractivity contribution >= 4 is 17.0 Å². The van der Waals surface area contributed by atoms with Crippen molar-refractivity contribution in [1.29, 1.82) is 0 Å². The SMILES string of the molecule is C[C@H](NC(=O)COc1ncnc2onc(-c3ccccc3)c12)c1ccccc1. The number of amides is 1. The molecule has 0 saturated heterocycles. The Kier molecular flexibility index (Phi) is 4.97. The molecule has 1 N–H and O–H groups in total. The molecule has 2 aromatic carbocycles. The molecule has 2 aromatic heterocycles. The lowest BCUT2D eigenvalue weighted by Crippen LogP contribution is -2.31. The number of nitrogens with zero attached hydrogens (tertiary/aromatic N) is 3. The zero-order chi connectivity index (χ0) is 19.3. The van der Waals surface area contributed by atoms with E-state index in [1.54, 1.807) is 0 Å². The Morgan fingerprint density at radius 1 is 1.07 bits per heavy atom. The highest BCUT2D eigenvalue weighted by atomic mass is 16.5. The number of aromatic nitrogens is 3. The topological polar surface area (TPSA) is 90.1 Å². The normalized spacial score (nSPS) is 11.9. The highest BCUT2D eigenvalue weighted by Crippen LogP contribution is 2.32. The third kappa shape index (κ3) is 3.68. The van der Waals surface area contributed by atoms with Gasteiger partial charge in [-0.25, -0.2) is 4.98 Å². The van der Waals surface area contributed by atoms with E-state index >= 15 is 0 Å². The van der Waals surface area contributed by atoms with E-state index in [1.807, 2.05) is 67.6 Å². The molecule has 7 nitrogen and oxygen atoms in total. The fraction of sp³-hybridized carbons (Fsp3) is 0.143. The van der Waals surface area contributed by atoms with Crippen molar-refractivity contribution in [3.63, 3.8) is 0 Å². The number of benzene rings is 2. The number of rotatable bonds is 6. The molecule has 7 heteroatoms. The zero-order valence-corrected chi connectivity index (χ0v) is 15.2. The quantitative estimate of drug-likeness (QED) is 0.555. The van der Waals surface area contributed by atoms with E-state index in [2.05, 4.69) is 20.4 Å². The summed E-state index contributed by atoms with van der Waals surface area (Å²) in [4.78, 5) is 20.6. The summed E-state index contributed by atoms with van der Waals surface area (Å²) >= 11 is 0. The van der Waals surface area contributed by atoms with Gasteiger partial charge in [-0.05, 0) is 12.5 Å². The molecule has 0 bridgehead atoms. The third-order valence-electron chi connectivity index (χ3n) is 4.30. The number of carbonyl (C=O) groups excluding carboxylic acids is 1. The van der Waals surface area contributed by atoms with Crippen molar-refractivity contribution in [2.75, 3.05) is 6.61 Å². The minimum Gasteiger partial charge on any atom is -0.467 e. The first-order valence-corrected chi connectivity index (χ1v) is 8.85. The maximum absolute atomic E-state index is 12.3. The van der Waals surface area contributed by atoms with Gasteiger partial charge in [-0.1, -0.05) is 65.8 Å². The summed E-state index contributed by atoms with van der Waals surface area (Å²) < 4.78 is 11.0. The van der Waals surface area contributed by atoms with Crippen LogP contribution in [0.15, 0.2) is 71.5 Å². The van der Waals surface area contributed by atoms with Crippen molar-refractivity contribution in [1.82, 2.24) is 20.4 Å². The molecule has 4 rings (SSSR count). The van der Waals surface area contributed by atoms with Gasteiger partial charge < -0.3 is 14.6 Å². The predicted molar refractivity (Wildman–Crippen MR) is 104 cm³/mol. The maximum atomic E-state index is 12.3. The van der Waals surface area contributed by atoms with Crippen LogP contribution in [-0.2, 0) is 4.79 Å². The molecule has 1 amide bonds. The largest absolute Gasteiger partial charge is 0.467 e. The van der Waals surface area contributed by atoms with Crippen LogP contribution in [0.5, 0.6) is 5.88 Å². The lowest BCUT2D eigenvalue weighted by atomic mass is 10.1. The van der Waals surface area contributed by atoms with Crippen LogP contribution in [0, 0.1) is 0 Å². The van der Waals surface area contributed by atoms with Gasteiger partial charge in [-0.3, -0.25) is 4.79 Å². The van der Waals surface area contributed by atoms with Gasteiger partial charge in [0.25, 0.3) is 11.6 Å². The number of nitrogens with one attached hydrogen (secondary N) is 1. The van der Waals surface area contributed by atoms with Crippen molar-refractivity contribution in [2.24, 2.45) is 0 Å². The van der Waals surface area contributed by atoms with Gasteiger partial charge in [0.15, 0.2) is 6.61 Å². The first kappa shape index (κ1) is 17.7. The Hall–Kier alpha value is -3.74. The summed E-state index contributed by atoms with van der Waals surface area (Å²) in [5.41, 5.74) is 2.75. The Labute approximate surface area is 161 Å². The minimum atomic E-state index is -0.249. The second-order valence-electron chi connectivity index (χ2n) is 6.24. The van der Waals surface area contributed by atoms with Crippen molar-refractivity contribution < 1.29 is 14.1 Å². The number of hydrogen-bond donors (Lipinski definition) is 1. The van der Waals surface area contributed by atoms with E-state index in [4.69, 9.17) is 9.26 Å². The molecule has 0 radical (unpaired) electrons. The van der Waals surface area contributed by atoms with E-state index in [0.29, 0.717) is 16.8 Å². The number of ether oxygens (including phenoxy) is 1. The standard InChI is InChI=1S/C21H18N4O3/c1-14(15-8-4-2-5-9-15)24-17(26)12-27-20-18-19(16-10-6-3-7-11-16)25-28-21(18)23-13-22-20/h2-11,13-14H,12H2,1H3,(H,24,26)/t14-/m0/s1. The Bertz CT molecular complexity index is 1080. The van der Waals surface area contributed by atoms with Crippen molar-refractivity contribution in [3.8, 4) is 17.1 Å². The summed E-state index contributed by atoms with van der Waals surface area (Å²) in [5.74, 6) is 0.00782. The number of carbonyl (C=O) groups is 1. The molecule has 0 spiro atoms. The molecule has 2 heterocycles. The first-order valence-electron chi connectivity index (χ1n) is 8.85. The van der Waals surface area contributed by atoms with Crippen LogP contribution in [0.3, 0.4) is 0 Å². The molecule has 1 atom stereocenters. The van der Waals surface area contributed by atoms with Crippen LogP contribution in [0.4, 0.5) is 0 Å². The molecular weight excluding hydrogens is 356 g/mol. The number of hydrogen-bond acceptors (Lipinski definition) is 6. The van der Waals surface area contributed by atoms with Gasteiger partial charge in [0.1, 0.15) is 17.4 Å². The summed E-state index contributed by atoms with van der Waals surface area (Å²) in [6, 6.07) is 19.1. The summed E-state index contributed by atoms with van der Waals surface area (Å²) in [5, 5.41) is 7.53. The minimum absolute atomic E-state index is 0.127. The van der Waals surface area contributed by atoms with Crippen LogP contribution in [0.1, 0.15) is 18.5 Å². The molecule has 0 unspecified atom stereocenters. The zero-order valence-electron chi connectivity index (χ0n) is 15.2. The van der Waals surface area contributed by atoms with Gasteiger partial charge in [0.05, 0.1) is 6.04 Å². The molecule has 4 aromatic rings. The average Bonchev–Trinajstić information content (AvgIpc) is 3.18. The Balaban J connectivity index is 1.51. The highest BCUT2D eigenvalue weighted by Gasteiger charge is 2.19. The first-order chi connectivity index (χ1) is 13.7. The third-order valence-corrected chi connectivity index (χ3v) is 4.30. The molecule has 140 valence electrons. The van der Waals surface area contributed by atoms with Gasteiger partial charge in [0.2, 0.25) is 5.88 Å². The Morgan fingerprint density at radius 3 is 2.54 bits per heavy atom. The molecule has 0 saturated carbocycles. The molecule has 0 fully saturated rings. The van der Waals surface area contributed by atoms with Crippen molar-refractivity contribution in [3.05, 3.63) is 72.6 Å². The van der Waals surface area contributed by atoms with Gasteiger partial charge in [-0.15, -0.1) is 0 Å². The monoisotopic (exact) mass is 374 g/mol. The second kappa shape index (κ2) is 7.87. The fourth-order valence-corrected chi connectivity index (χ4v) is 2.91. The summed E-state index contributed by atoms with van der Waals surface area (Å²) in [7, 11) is 0. The van der Waals surface area contributed by atoms with E-state index in [9.17, 15) is 4.79 Å². The van der Waals surface area contributed by atoms with E-state index < -0.39 is 0 Å². The lowest BCUT2D eigenvalue weighted by Gasteiger charge is -2.14. The smallest absolute Gasteiger partial charge is 0.265 e. The molecule has 28 heavy (non-hydrogen) atoms. The predicted octanol–water partition coefficient (Wildman–Crippen LogP) is 3.54. The van der Waals surface area contributed by atoms with Gasteiger partial charge in [0, 0.05) is 5.56 Å². The van der Waals surface area contributed by atoms with E-state index in [1.165, 1.54) is 6.33 Å². The molecule has 0 aliphatic rings. The summed E-state index contributed by atoms with van der Waals surface area (Å²) in [6.07, 6.45) is 1.32. The van der Waals surface area contributed by atoms with Gasteiger partial charge in [-0.2, -0.15) is 4.98 Å². The summed E-state index contributed by atoms with van der Waals surface area (Å²) in [6.45, 7) is 1.74. The second-order valence-corrected chi connectivity index (χ2v) is 6.24. The number of fused-ring (bicyclic) bond motifs is 1. The van der Waals surface area contributed by atoms with E-state index in [-0.39, 0.29) is 24.4 Å². The lowest BCUT2D eigenvalue weighted by molar-refractivity contribution is -0.123. The average molecular weight is 374 g/mol.